The van der Waals surface area contributed by atoms with Gasteiger partial charge in [-0.05, 0) is 12.8 Å². The SMILES string of the molecule is CCCCCCCCCCCCC(COP(=O)(O)OCC[N+](C)(C)C)OC(C)=O. The molecule has 2 unspecified atom stereocenters. The molecule has 2 atom stereocenters. The minimum atomic E-state index is -4.14. The summed E-state index contributed by atoms with van der Waals surface area (Å²) in [6.45, 7) is 4.14. The zero-order valence-electron chi connectivity index (χ0n) is 19.4. The van der Waals surface area contributed by atoms with Crippen LogP contribution in [-0.2, 0) is 23.1 Å². The first kappa shape index (κ1) is 28.5. The minimum absolute atomic E-state index is 0.119. The molecule has 0 amide bonds. The topological polar surface area (TPSA) is 82.1 Å². The average molecular weight is 439 g/mol. The summed E-state index contributed by atoms with van der Waals surface area (Å²) in [6, 6.07) is 0. The van der Waals surface area contributed by atoms with E-state index in [9.17, 15) is 14.3 Å². The van der Waals surface area contributed by atoms with E-state index in [1.807, 2.05) is 21.1 Å². The lowest BCUT2D eigenvalue weighted by atomic mass is 10.0. The number of rotatable bonds is 19. The first-order valence-corrected chi connectivity index (χ1v) is 12.6. The fourth-order valence-electron chi connectivity index (χ4n) is 2.92. The van der Waals surface area contributed by atoms with Crippen molar-refractivity contribution in [1.82, 2.24) is 0 Å². The molecule has 0 fully saturated rings. The van der Waals surface area contributed by atoms with Crippen LogP contribution in [0, 0.1) is 0 Å². The molecule has 29 heavy (non-hydrogen) atoms. The van der Waals surface area contributed by atoms with Gasteiger partial charge in [0.15, 0.2) is 0 Å². The molecule has 0 aromatic heterocycles. The van der Waals surface area contributed by atoms with Crippen molar-refractivity contribution in [3.8, 4) is 0 Å². The molecule has 0 rings (SSSR count). The van der Waals surface area contributed by atoms with E-state index in [0.29, 0.717) is 17.4 Å². The molecule has 8 heteroatoms. The van der Waals surface area contributed by atoms with Crippen molar-refractivity contribution in [3.05, 3.63) is 0 Å². The second kappa shape index (κ2) is 16.3. The van der Waals surface area contributed by atoms with Crippen LogP contribution in [-0.4, -0.2) is 62.4 Å². The molecular formula is C21H45NO6P+. The molecule has 1 N–H and O–H groups in total. The average Bonchev–Trinajstić information content (AvgIpc) is 2.59. The number of hydrogen-bond donors (Lipinski definition) is 1. The Morgan fingerprint density at radius 2 is 1.45 bits per heavy atom. The molecule has 0 aliphatic rings. The molecule has 0 radical (unpaired) electrons. The van der Waals surface area contributed by atoms with Crippen molar-refractivity contribution < 1.29 is 32.5 Å². The van der Waals surface area contributed by atoms with Crippen molar-refractivity contribution in [2.24, 2.45) is 0 Å². The lowest BCUT2D eigenvalue weighted by Crippen LogP contribution is -2.37. The number of phosphoric ester groups is 1. The highest BCUT2D eigenvalue weighted by Crippen LogP contribution is 2.43. The van der Waals surface area contributed by atoms with Gasteiger partial charge in [-0.15, -0.1) is 0 Å². The highest BCUT2D eigenvalue weighted by atomic mass is 31.2. The number of unbranched alkanes of at least 4 members (excludes halogenated alkanes) is 9. The maximum absolute atomic E-state index is 12.0. The molecule has 7 nitrogen and oxygen atoms in total. The third-order valence-electron chi connectivity index (χ3n) is 4.65. The van der Waals surface area contributed by atoms with Gasteiger partial charge in [0.1, 0.15) is 19.3 Å². The van der Waals surface area contributed by atoms with Gasteiger partial charge < -0.3 is 14.1 Å². The first-order chi connectivity index (χ1) is 13.6. The van der Waals surface area contributed by atoms with Crippen LogP contribution >= 0.6 is 7.82 Å². The Bertz CT molecular complexity index is 467. The van der Waals surface area contributed by atoms with Gasteiger partial charge in [-0.2, -0.15) is 0 Å². The summed E-state index contributed by atoms with van der Waals surface area (Å²) in [5.41, 5.74) is 0. The Hall–Kier alpha value is -0.460. The second-order valence-electron chi connectivity index (χ2n) is 8.81. The molecule has 0 aliphatic heterocycles. The number of likely N-dealkylation sites (N-methyl/N-ethyl adjacent to an activating group) is 1. The summed E-state index contributed by atoms with van der Waals surface area (Å²) in [7, 11) is 1.76. The van der Waals surface area contributed by atoms with E-state index < -0.39 is 19.9 Å². The number of carbonyl (C=O) groups excluding carboxylic acids is 1. The summed E-state index contributed by atoms with van der Waals surface area (Å²) < 4.78 is 27.9. The Morgan fingerprint density at radius 1 is 0.931 bits per heavy atom. The van der Waals surface area contributed by atoms with E-state index in [1.165, 1.54) is 51.9 Å². The molecule has 0 saturated heterocycles. The molecule has 0 aromatic rings. The molecule has 0 bridgehead atoms. The molecule has 0 aliphatic carbocycles. The number of hydrogen-bond acceptors (Lipinski definition) is 5. The summed E-state index contributed by atoms with van der Waals surface area (Å²) >= 11 is 0. The van der Waals surface area contributed by atoms with Crippen LogP contribution in [0.1, 0.15) is 84.5 Å². The van der Waals surface area contributed by atoms with Crippen LogP contribution in [0.3, 0.4) is 0 Å². The van der Waals surface area contributed by atoms with Gasteiger partial charge >= 0.3 is 13.8 Å². The van der Waals surface area contributed by atoms with E-state index in [2.05, 4.69) is 6.92 Å². The smallest absolute Gasteiger partial charge is 0.460 e. The van der Waals surface area contributed by atoms with E-state index in [-0.39, 0.29) is 13.2 Å². The lowest BCUT2D eigenvalue weighted by molar-refractivity contribution is -0.870. The Morgan fingerprint density at radius 3 is 1.93 bits per heavy atom. The van der Waals surface area contributed by atoms with Crippen LogP contribution < -0.4 is 0 Å². The second-order valence-corrected chi connectivity index (χ2v) is 10.3. The quantitative estimate of drug-likeness (QED) is 0.131. The third kappa shape index (κ3) is 20.6. The normalized spacial score (nSPS) is 15.1. The van der Waals surface area contributed by atoms with E-state index in [0.717, 1.165) is 19.3 Å². The van der Waals surface area contributed by atoms with Gasteiger partial charge in [0, 0.05) is 6.92 Å². The molecule has 0 saturated carbocycles. The van der Waals surface area contributed by atoms with Crippen LogP contribution in [0.15, 0.2) is 0 Å². The largest absolute Gasteiger partial charge is 0.472 e. The number of quaternary nitrogens is 1. The zero-order chi connectivity index (χ0) is 22.2. The van der Waals surface area contributed by atoms with Crippen LogP contribution in [0.25, 0.3) is 0 Å². The predicted molar refractivity (Wildman–Crippen MR) is 117 cm³/mol. The van der Waals surface area contributed by atoms with Crippen molar-refractivity contribution in [2.75, 3.05) is 40.9 Å². The number of ether oxygens (including phenoxy) is 1. The standard InChI is InChI=1S/C21H44NO6P/c1-6-7-8-9-10-11-12-13-14-15-16-21(28-20(2)23)19-27-29(24,25)26-18-17-22(3,4)5/h21H,6-19H2,1-5H3/p+1. The van der Waals surface area contributed by atoms with Crippen molar-refractivity contribution in [3.63, 3.8) is 0 Å². The fourth-order valence-corrected chi connectivity index (χ4v) is 3.66. The third-order valence-corrected chi connectivity index (χ3v) is 5.64. The summed E-state index contributed by atoms with van der Waals surface area (Å²) in [5.74, 6) is -0.413. The number of phosphoric acid groups is 1. The van der Waals surface area contributed by atoms with Gasteiger partial charge in [-0.1, -0.05) is 64.7 Å². The maximum atomic E-state index is 12.0. The molecule has 0 spiro atoms. The highest BCUT2D eigenvalue weighted by molar-refractivity contribution is 7.47. The molecular weight excluding hydrogens is 393 g/mol. The fraction of sp³-hybridized carbons (Fsp3) is 0.952. The summed E-state index contributed by atoms with van der Waals surface area (Å²) in [4.78, 5) is 21.1. The highest BCUT2D eigenvalue weighted by Gasteiger charge is 2.25. The van der Waals surface area contributed by atoms with Crippen molar-refractivity contribution >= 4 is 13.8 Å². The van der Waals surface area contributed by atoms with Crippen LogP contribution in [0.2, 0.25) is 0 Å². The van der Waals surface area contributed by atoms with Gasteiger partial charge in [0.25, 0.3) is 0 Å². The number of carbonyl (C=O) groups is 1. The zero-order valence-corrected chi connectivity index (χ0v) is 20.3. The van der Waals surface area contributed by atoms with Crippen molar-refractivity contribution in [2.45, 2.75) is 90.6 Å². The summed E-state index contributed by atoms with van der Waals surface area (Å²) in [5, 5.41) is 0. The van der Waals surface area contributed by atoms with Gasteiger partial charge in [-0.3, -0.25) is 13.8 Å². The predicted octanol–water partition coefficient (Wildman–Crippen LogP) is 5.07. The van der Waals surface area contributed by atoms with Crippen molar-refractivity contribution in [1.29, 1.82) is 0 Å². The number of nitrogens with zero attached hydrogens (tertiary/aromatic N) is 1. The number of esters is 1. The van der Waals surface area contributed by atoms with Crippen LogP contribution in [0.5, 0.6) is 0 Å². The van der Waals surface area contributed by atoms with Gasteiger partial charge in [-0.25, -0.2) is 4.57 Å². The lowest BCUT2D eigenvalue weighted by Gasteiger charge is -2.24. The molecule has 0 heterocycles. The van der Waals surface area contributed by atoms with Gasteiger partial charge in [0.2, 0.25) is 0 Å². The Labute approximate surface area is 178 Å². The Balaban J connectivity index is 4.02. The van der Waals surface area contributed by atoms with Gasteiger partial charge in [0.05, 0.1) is 27.7 Å². The summed E-state index contributed by atoms with van der Waals surface area (Å²) in [6.07, 6.45) is 12.3. The molecule has 0 aromatic carbocycles. The first-order valence-electron chi connectivity index (χ1n) is 11.2. The van der Waals surface area contributed by atoms with E-state index >= 15 is 0 Å². The Kier molecular flexibility index (Phi) is 16.0. The van der Waals surface area contributed by atoms with Crippen LogP contribution in [0.4, 0.5) is 0 Å². The molecule has 174 valence electrons. The maximum Gasteiger partial charge on any atom is 0.472 e. The van der Waals surface area contributed by atoms with E-state index in [4.69, 9.17) is 13.8 Å². The van der Waals surface area contributed by atoms with E-state index in [1.54, 1.807) is 0 Å². The minimum Gasteiger partial charge on any atom is -0.460 e. The monoisotopic (exact) mass is 438 g/mol.